The van der Waals surface area contributed by atoms with E-state index in [1.54, 1.807) is 11.1 Å². The summed E-state index contributed by atoms with van der Waals surface area (Å²) in [5, 5.41) is 4.92. The molecule has 3 aliphatic rings. The van der Waals surface area contributed by atoms with Gasteiger partial charge in [0, 0.05) is 18.4 Å². The third kappa shape index (κ3) is 3.46. The summed E-state index contributed by atoms with van der Waals surface area (Å²) >= 11 is 0. The number of benzene rings is 1. The maximum absolute atomic E-state index is 12.8. The van der Waals surface area contributed by atoms with Crippen molar-refractivity contribution in [2.45, 2.75) is 57.2 Å². The van der Waals surface area contributed by atoms with Gasteiger partial charge < -0.3 is 15.2 Å². The zero-order chi connectivity index (χ0) is 18.1. The van der Waals surface area contributed by atoms with Crippen molar-refractivity contribution in [3.63, 3.8) is 0 Å². The van der Waals surface area contributed by atoms with Crippen LogP contribution in [-0.2, 0) is 9.59 Å². The van der Waals surface area contributed by atoms with Crippen molar-refractivity contribution in [3.8, 4) is 0 Å². The van der Waals surface area contributed by atoms with Crippen LogP contribution in [0.1, 0.15) is 49.3 Å². The molecule has 1 aliphatic carbocycles. The molecule has 2 aliphatic heterocycles. The number of fused-ring (bicyclic) bond motifs is 1. The molecule has 2 N–H and O–H groups in total. The van der Waals surface area contributed by atoms with Crippen LogP contribution in [0.15, 0.2) is 36.7 Å². The molecule has 2 unspecified atom stereocenters. The predicted octanol–water partition coefficient (Wildman–Crippen LogP) is 1.99. The normalized spacial score (nSPS) is 25.7. The largest absolute Gasteiger partial charge is 0.352 e. The maximum Gasteiger partial charge on any atom is 0.251 e. The van der Waals surface area contributed by atoms with Crippen molar-refractivity contribution in [2.24, 2.45) is 0 Å². The Morgan fingerprint density at radius 1 is 1.19 bits per heavy atom. The number of hydrazine groups is 1. The minimum Gasteiger partial charge on any atom is -0.352 e. The first-order valence-corrected chi connectivity index (χ1v) is 9.49. The number of nitrogens with one attached hydrogen (secondary N) is 2. The monoisotopic (exact) mass is 354 g/mol. The van der Waals surface area contributed by atoms with E-state index in [4.69, 9.17) is 0 Å². The molecule has 0 bridgehead atoms. The van der Waals surface area contributed by atoms with Crippen LogP contribution in [0.2, 0.25) is 0 Å². The van der Waals surface area contributed by atoms with Gasteiger partial charge in [-0.15, -0.1) is 0 Å². The summed E-state index contributed by atoms with van der Waals surface area (Å²) in [5.74, 6) is -0.0828. The van der Waals surface area contributed by atoms with Gasteiger partial charge in [0.25, 0.3) is 5.91 Å². The molecule has 1 aromatic carbocycles. The van der Waals surface area contributed by atoms with E-state index >= 15 is 0 Å². The van der Waals surface area contributed by atoms with Crippen LogP contribution in [0.25, 0.3) is 0 Å². The summed E-state index contributed by atoms with van der Waals surface area (Å²) in [7, 11) is 0. The van der Waals surface area contributed by atoms with Gasteiger partial charge in [-0.25, -0.2) is 5.43 Å². The molecule has 2 fully saturated rings. The highest BCUT2D eigenvalue weighted by Crippen LogP contribution is 2.30. The molecule has 1 aromatic rings. The van der Waals surface area contributed by atoms with Crippen molar-refractivity contribution < 1.29 is 9.59 Å². The van der Waals surface area contributed by atoms with E-state index in [0.717, 1.165) is 12.8 Å². The number of rotatable bonds is 4. The van der Waals surface area contributed by atoms with E-state index in [0.29, 0.717) is 6.42 Å². The first-order valence-electron chi connectivity index (χ1n) is 9.49. The zero-order valence-electron chi connectivity index (χ0n) is 15.1. The minimum absolute atomic E-state index is 0.0174. The number of carbonyl (C=O) groups is 2. The summed E-state index contributed by atoms with van der Waals surface area (Å²) in [5.41, 5.74) is 5.79. The second-order valence-electron chi connectivity index (χ2n) is 7.56. The maximum atomic E-state index is 12.8. The van der Waals surface area contributed by atoms with Crippen molar-refractivity contribution in [3.05, 3.63) is 47.8 Å². The van der Waals surface area contributed by atoms with Gasteiger partial charge in [-0.05, 0) is 31.7 Å². The molecule has 138 valence electrons. The van der Waals surface area contributed by atoms with Crippen LogP contribution in [0.3, 0.4) is 0 Å². The summed E-state index contributed by atoms with van der Waals surface area (Å²) < 4.78 is 0. The number of nitrogens with zero attached hydrogens (tertiary/aromatic N) is 2. The lowest BCUT2D eigenvalue weighted by Gasteiger charge is -2.31. The van der Waals surface area contributed by atoms with Gasteiger partial charge in [0.15, 0.2) is 0 Å². The molecule has 6 nitrogen and oxygen atoms in total. The van der Waals surface area contributed by atoms with E-state index in [-0.39, 0.29) is 36.5 Å². The number of hydrogen-bond donors (Lipinski definition) is 2. The van der Waals surface area contributed by atoms with Gasteiger partial charge in [-0.1, -0.05) is 42.7 Å². The molecule has 2 heterocycles. The highest BCUT2D eigenvalue weighted by molar-refractivity contribution is 5.89. The van der Waals surface area contributed by atoms with Gasteiger partial charge in [-0.3, -0.25) is 9.59 Å². The van der Waals surface area contributed by atoms with Gasteiger partial charge in [0.05, 0.1) is 6.04 Å². The van der Waals surface area contributed by atoms with Gasteiger partial charge in [-0.2, -0.15) is 0 Å². The Balaban J connectivity index is 1.37. The lowest BCUT2D eigenvalue weighted by Crippen LogP contribution is -2.51. The fourth-order valence-electron chi connectivity index (χ4n) is 4.08. The van der Waals surface area contributed by atoms with Gasteiger partial charge >= 0.3 is 0 Å². The summed E-state index contributed by atoms with van der Waals surface area (Å²) in [6.07, 6.45) is 8.73. The molecule has 4 rings (SSSR count). The van der Waals surface area contributed by atoms with Crippen molar-refractivity contribution in [1.82, 2.24) is 20.7 Å². The molecule has 2 atom stereocenters. The minimum atomic E-state index is -0.259. The fourth-order valence-corrected chi connectivity index (χ4v) is 4.08. The third-order valence-corrected chi connectivity index (χ3v) is 5.59. The van der Waals surface area contributed by atoms with Crippen LogP contribution >= 0.6 is 0 Å². The number of amides is 2. The SMILES string of the molecule is Cc1ccc(C2CC3C(=O)N(CC(=O)NC4CCCC4)C=CN3N2)cc1. The van der Waals surface area contributed by atoms with Crippen LogP contribution in [0.5, 0.6) is 0 Å². The molecule has 0 spiro atoms. The first kappa shape index (κ1) is 17.1. The average molecular weight is 354 g/mol. The summed E-state index contributed by atoms with van der Waals surface area (Å²) in [4.78, 5) is 26.6. The molecule has 2 amide bonds. The summed E-state index contributed by atoms with van der Waals surface area (Å²) in [6, 6.07) is 8.52. The molecule has 0 radical (unpaired) electrons. The number of carbonyl (C=O) groups excluding carboxylic acids is 2. The average Bonchev–Trinajstić information content (AvgIpc) is 3.28. The standard InChI is InChI=1S/C20H26N4O2/c1-14-6-8-15(9-7-14)17-12-18-20(26)23(10-11-24(18)22-17)13-19(25)21-16-4-2-3-5-16/h6-11,16-18,22H,2-5,12-13H2,1H3,(H,21,25). The number of aryl methyl sites for hydroxylation is 1. The lowest BCUT2D eigenvalue weighted by atomic mass is 10.00. The van der Waals surface area contributed by atoms with Crippen LogP contribution < -0.4 is 10.7 Å². The van der Waals surface area contributed by atoms with Crippen LogP contribution in [-0.4, -0.2) is 40.4 Å². The Labute approximate surface area is 154 Å². The summed E-state index contributed by atoms with van der Waals surface area (Å²) in [6.45, 7) is 2.17. The fraction of sp³-hybridized carbons (Fsp3) is 0.500. The molecular weight excluding hydrogens is 328 g/mol. The Hall–Kier alpha value is -2.34. The van der Waals surface area contributed by atoms with Crippen molar-refractivity contribution in [2.75, 3.05) is 6.54 Å². The van der Waals surface area contributed by atoms with E-state index in [1.807, 2.05) is 11.2 Å². The molecule has 26 heavy (non-hydrogen) atoms. The molecular formula is C20H26N4O2. The molecule has 6 heteroatoms. The van der Waals surface area contributed by atoms with Gasteiger partial charge in [0.2, 0.25) is 5.91 Å². The zero-order valence-corrected chi connectivity index (χ0v) is 15.1. The topological polar surface area (TPSA) is 64.7 Å². The quantitative estimate of drug-likeness (QED) is 0.868. The second-order valence-corrected chi connectivity index (χ2v) is 7.56. The van der Waals surface area contributed by atoms with E-state index in [1.165, 1.54) is 24.0 Å². The van der Waals surface area contributed by atoms with Gasteiger partial charge in [0.1, 0.15) is 12.6 Å². The second kappa shape index (κ2) is 7.11. The molecule has 1 saturated heterocycles. The Bertz CT molecular complexity index is 709. The number of hydrogen-bond acceptors (Lipinski definition) is 4. The molecule has 1 saturated carbocycles. The van der Waals surface area contributed by atoms with Crippen LogP contribution in [0.4, 0.5) is 0 Å². The van der Waals surface area contributed by atoms with Crippen molar-refractivity contribution in [1.29, 1.82) is 0 Å². The first-order chi connectivity index (χ1) is 12.6. The van der Waals surface area contributed by atoms with Crippen LogP contribution in [0, 0.1) is 6.92 Å². The predicted molar refractivity (Wildman–Crippen MR) is 98.6 cm³/mol. The Morgan fingerprint density at radius 2 is 1.92 bits per heavy atom. The smallest absolute Gasteiger partial charge is 0.251 e. The van der Waals surface area contributed by atoms with E-state index in [9.17, 15) is 9.59 Å². The highest BCUT2D eigenvalue weighted by Gasteiger charge is 2.40. The Kier molecular flexibility index (Phi) is 4.68. The highest BCUT2D eigenvalue weighted by atomic mass is 16.2. The van der Waals surface area contributed by atoms with E-state index < -0.39 is 0 Å². The van der Waals surface area contributed by atoms with E-state index in [2.05, 4.69) is 41.9 Å². The van der Waals surface area contributed by atoms with Crippen molar-refractivity contribution >= 4 is 11.8 Å². The lowest BCUT2D eigenvalue weighted by molar-refractivity contribution is -0.138. The Morgan fingerprint density at radius 3 is 2.65 bits per heavy atom. The third-order valence-electron chi connectivity index (χ3n) is 5.59. The molecule has 0 aromatic heterocycles.